The Balaban J connectivity index is 2.49. The number of phenolic OH excluding ortho intramolecular Hbond substituents is 1. The number of halogens is 5. The van der Waals surface area contributed by atoms with Crippen molar-refractivity contribution in [3.05, 3.63) is 47.8 Å². The third-order valence-electron chi connectivity index (χ3n) is 3.27. The number of aromatic nitrogens is 1. The lowest BCUT2D eigenvalue weighted by Crippen LogP contribution is -2.33. The summed E-state index contributed by atoms with van der Waals surface area (Å²) in [5.41, 5.74) is -1.87. The summed E-state index contributed by atoms with van der Waals surface area (Å²) >= 11 is 0.866. The van der Waals surface area contributed by atoms with Crippen molar-refractivity contribution in [1.82, 2.24) is 4.98 Å². The molecule has 0 saturated carbocycles. The second-order valence-corrected chi connectivity index (χ2v) is 6.38. The third kappa shape index (κ3) is 4.06. The Morgan fingerprint density at radius 3 is 2.50 bits per heavy atom. The number of hydrogen-bond donors (Lipinski definition) is 2. The second-order valence-electron chi connectivity index (χ2n) is 5.07. The van der Waals surface area contributed by atoms with E-state index in [0.29, 0.717) is 17.9 Å². The lowest BCUT2D eigenvalue weighted by Gasteiger charge is -2.22. The molecule has 0 aliphatic carbocycles. The van der Waals surface area contributed by atoms with Gasteiger partial charge < -0.3 is 10.4 Å². The molecule has 0 atom stereocenters. The van der Waals surface area contributed by atoms with Gasteiger partial charge in [-0.2, -0.15) is 22.0 Å². The summed E-state index contributed by atoms with van der Waals surface area (Å²) in [4.78, 5) is 15.6. The van der Waals surface area contributed by atoms with Crippen LogP contribution in [0.4, 0.5) is 27.6 Å². The minimum atomic E-state index is -5.82. The molecule has 1 heterocycles. The van der Waals surface area contributed by atoms with Gasteiger partial charge >= 0.3 is 12.1 Å². The Morgan fingerprint density at radius 1 is 1.27 bits per heavy atom. The molecule has 0 fully saturated rings. The van der Waals surface area contributed by atoms with E-state index in [9.17, 15) is 31.9 Å². The predicted molar refractivity (Wildman–Crippen MR) is 86.6 cm³/mol. The second kappa shape index (κ2) is 7.48. The maximum absolute atomic E-state index is 13.7. The SMILES string of the molecule is CCSc1cc(C(F)(F)C(F)(F)F)cc(NC(=O)c2cccnc2)c1O. The maximum Gasteiger partial charge on any atom is 0.458 e. The van der Waals surface area contributed by atoms with Crippen LogP contribution in [0.2, 0.25) is 0 Å². The highest BCUT2D eigenvalue weighted by Crippen LogP contribution is 2.47. The van der Waals surface area contributed by atoms with E-state index in [1.54, 1.807) is 6.92 Å². The van der Waals surface area contributed by atoms with E-state index in [4.69, 9.17) is 0 Å². The van der Waals surface area contributed by atoms with Crippen LogP contribution >= 0.6 is 11.8 Å². The van der Waals surface area contributed by atoms with Gasteiger partial charge in [-0.1, -0.05) is 6.92 Å². The first-order valence-electron chi connectivity index (χ1n) is 7.24. The number of benzene rings is 1. The summed E-state index contributed by atoms with van der Waals surface area (Å²) < 4.78 is 65.5. The van der Waals surface area contributed by atoms with E-state index in [1.165, 1.54) is 24.5 Å². The van der Waals surface area contributed by atoms with E-state index in [0.717, 1.165) is 11.8 Å². The summed E-state index contributed by atoms with van der Waals surface area (Å²) in [5.74, 6) is -6.23. The first-order valence-corrected chi connectivity index (χ1v) is 8.22. The molecular formula is C16H13F5N2O2S. The van der Waals surface area contributed by atoms with E-state index in [1.807, 2.05) is 0 Å². The highest BCUT2D eigenvalue weighted by Gasteiger charge is 2.59. The van der Waals surface area contributed by atoms with Gasteiger partial charge in [-0.3, -0.25) is 9.78 Å². The fourth-order valence-electron chi connectivity index (χ4n) is 2.01. The molecule has 1 aromatic carbocycles. The van der Waals surface area contributed by atoms with Gasteiger partial charge in [0.05, 0.1) is 16.1 Å². The number of alkyl halides is 5. The number of carbonyl (C=O) groups is 1. The van der Waals surface area contributed by atoms with E-state index < -0.39 is 35.0 Å². The molecule has 2 aromatic rings. The van der Waals surface area contributed by atoms with Gasteiger partial charge in [0.25, 0.3) is 5.91 Å². The van der Waals surface area contributed by atoms with Gasteiger partial charge in [0.15, 0.2) is 5.75 Å². The molecule has 1 amide bonds. The first-order chi connectivity index (χ1) is 12.1. The zero-order valence-corrected chi connectivity index (χ0v) is 14.1. The molecule has 2 N–H and O–H groups in total. The molecule has 4 nitrogen and oxygen atoms in total. The molecule has 0 bridgehead atoms. The molecule has 10 heteroatoms. The number of anilines is 1. The van der Waals surface area contributed by atoms with Crippen molar-refractivity contribution in [2.75, 3.05) is 11.1 Å². The zero-order valence-electron chi connectivity index (χ0n) is 13.3. The highest BCUT2D eigenvalue weighted by atomic mass is 32.2. The summed E-state index contributed by atoms with van der Waals surface area (Å²) in [5, 5.41) is 12.3. The highest BCUT2D eigenvalue weighted by molar-refractivity contribution is 7.99. The number of hydrogen-bond acceptors (Lipinski definition) is 4. The number of pyridine rings is 1. The van der Waals surface area contributed by atoms with Crippen molar-refractivity contribution in [2.24, 2.45) is 0 Å². The van der Waals surface area contributed by atoms with Crippen LogP contribution in [-0.2, 0) is 5.92 Å². The summed E-state index contributed by atoms with van der Waals surface area (Å²) in [6.07, 6.45) is -3.24. The van der Waals surface area contributed by atoms with Crippen LogP contribution in [0.3, 0.4) is 0 Å². The number of thioether (sulfide) groups is 1. The molecule has 1 aromatic heterocycles. The Hall–Kier alpha value is -2.36. The van der Waals surface area contributed by atoms with Crippen molar-refractivity contribution in [3.8, 4) is 5.75 Å². The molecule has 26 heavy (non-hydrogen) atoms. The van der Waals surface area contributed by atoms with Crippen LogP contribution in [0.25, 0.3) is 0 Å². The fourth-order valence-corrected chi connectivity index (χ4v) is 2.77. The number of carbonyl (C=O) groups excluding carboxylic acids is 1. The van der Waals surface area contributed by atoms with Gasteiger partial charge in [-0.25, -0.2) is 0 Å². The largest absolute Gasteiger partial charge is 0.505 e. The topological polar surface area (TPSA) is 62.2 Å². The molecule has 0 spiro atoms. The van der Waals surface area contributed by atoms with Gasteiger partial charge in [0.2, 0.25) is 0 Å². The maximum atomic E-state index is 13.7. The monoisotopic (exact) mass is 392 g/mol. The smallest absolute Gasteiger partial charge is 0.458 e. The van der Waals surface area contributed by atoms with Crippen molar-refractivity contribution in [2.45, 2.75) is 23.9 Å². The zero-order chi connectivity index (χ0) is 19.5. The van der Waals surface area contributed by atoms with Crippen LogP contribution in [0.15, 0.2) is 41.6 Å². The molecule has 0 radical (unpaired) electrons. The van der Waals surface area contributed by atoms with Crippen molar-refractivity contribution in [3.63, 3.8) is 0 Å². The molecule has 0 aliphatic rings. The quantitative estimate of drug-likeness (QED) is 0.436. The molecule has 0 saturated heterocycles. The van der Waals surface area contributed by atoms with Crippen LogP contribution < -0.4 is 5.32 Å². The average molecular weight is 392 g/mol. The van der Waals surface area contributed by atoms with Gasteiger partial charge in [-0.05, 0) is 30.0 Å². The Bertz CT molecular complexity index is 797. The van der Waals surface area contributed by atoms with Gasteiger partial charge in [0.1, 0.15) is 0 Å². The number of phenols is 1. The van der Waals surface area contributed by atoms with Crippen molar-refractivity contribution >= 4 is 23.4 Å². The van der Waals surface area contributed by atoms with Crippen molar-refractivity contribution in [1.29, 1.82) is 0 Å². The lowest BCUT2D eigenvalue weighted by molar-refractivity contribution is -0.289. The normalized spacial score (nSPS) is 12.1. The van der Waals surface area contributed by atoms with Crippen molar-refractivity contribution < 1.29 is 31.9 Å². The van der Waals surface area contributed by atoms with Crippen LogP contribution in [-0.4, -0.2) is 27.9 Å². The average Bonchev–Trinajstić information content (AvgIpc) is 2.58. The predicted octanol–water partition coefficient (Wildman–Crippen LogP) is 4.81. The number of rotatable bonds is 5. The van der Waals surface area contributed by atoms with Crippen LogP contribution in [0.5, 0.6) is 5.75 Å². The number of amides is 1. The summed E-state index contributed by atoms with van der Waals surface area (Å²) in [7, 11) is 0. The first kappa shape index (κ1) is 20.0. The van der Waals surface area contributed by atoms with E-state index in [-0.39, 0.29) is 10.5 Å². The fraction of sp³-hybridized carbons (Fsp3) is 0.250. The van der Waals surface area contributed by atoms with Crippen LogP contribution in [0, 0.1) is 0 Å². The van der Waals surface area contributed by atoms with E-state index in [2.05, 4.69) is 10.3 Å². The lowest BCUT2D eigenvalue weighted by atomic mass is 10.1. The minimum Gasteiger partial charge on any atom is -0.505 e. The standard InChI is InChI=1S/C16H13F5N2O2S/c1-2-26-12-7-10(15(17,18)16(19,20)21)6-11(13(12)24)23-14(25)9-4-3-5-22-8-9/h3-8,24H,2H2,1H3,(H,23,25). The molecule has 2 rings (SSSR count). The summed E-state index contributed by atoms with van der Waals surface area (Å²) in [6.45, 7) is 1.63. The molecule has 0 aliphatic heterocycles. The Morgan fingerprint density at radius 2 is 1.96 bits per heavy atom. The Kier molecular flexibility index (Phi) is 5.74. The molecule has 140 valence electrons. The molecular weight excluding hydrogens is 379 g/mol. The van der Waals surface area contributed by atoms with Gasteiger partial charge in [0, 0.05) is 18.0 Å². The minimum absolute atomic E-state index is 0.0459. The molecule has 0 unspecified atom stereocenters. The Labute approximate surface area is 149 Å². The summed E-state index contributed by atoms with van der Waals surface area (Å²) in [6, 6.07) is 3.80. The van der Waals surface area contributed by atoms with Crippen LogP contribution in [0.1, 0.15) is 22.8 Å². The number of aromatic hydroxyl groups is 1. The number of nitrogens with zero attached hydrogens (tertiary/aromatic N) is 1. The van der Waals surface area contributed by atoms with E-state index >= 15 is 0 Å². The number of nitrogens with one attached hydrogen (secondary N) is 1. The van der Waals surface area contributed by atoms with Gasteiger partial charge in [-0.15, -0.1) is 11.8 Å². The third-order valence-corrected chi connectivity index (χ3v) is 4.18.